The maximum atomic E-state index is 12.6. The van der Waals surface area contributed by atoms with Gasteiger partial charge in [0.05, 0.1) is 12.7 Å². The number of rotatable bonds is 14. The van der Waals surface area contributed by atoms with Gasteiger partial charge in [-0.1, -0.05) is 81.4 Å². The first-order chi connectivity index (χ1) is 17.7. The summed E-state index contributed by atoms with van der Waals surface area (Å²) in [7, 11) is -4.15. The van der Waals surface area contributed by atoms with Crippen LogP contribution in [0.25, 0.3) is 0 Å². The lowest BCUT2D eigenvalue weighted by atomic mass is 9.65. The van der Waals surface area contributed by atoms with Crippen molar-refractivity contribution in [2.75, 3.05) is 13.2 Å². The van der Waals surface area contributed by atoms with Crippen LogP contribution < -0.4 is 5.32 Å². The number of benzene rings is 2. The average molecular weight is 530 g/mol. The van der Waals surface area contributed by atoms with Crippen LogP contribution in [0.5, 0.6) is 0 Å². The number of phosphoric ester groups is 1. The number of phosphoric acid groups is 1. The molecular weight excluding hydrogens is 485 g/mol. The van der Waals surface area contributed by atoms with E-state index in [1.807, 2.05) is 12.1 Å². The fourth-order valence-corrected chi connectivity index (χ4v) is 6.10. The Bertz CT molecular complexity index is 948. The monoisotopic (exact) mass is 529 g/mol. The number of hydrogen-bond acceptors (Lipinski definition) is 4. The zero-order valence-electron chi connectivity index (χ0n) is 22.6. The van der Waals surface area contributed by atoms with Crippen molar-refractivity contribution in [3.8, 4) is 0 Å². The maximum absolute atomic E-state index is 12.6. The van der Waals surface area contributed by atoms with Gasteiger partial charge < -0.3 is 10.2 Å². The second kappa shape index (κ2) is 14.2. The Hall–Kier alpha value is -1.98. The molecule has 0 radical (unpaired) electrons. The SMILES string of the molecule is CC(C)C(C)CCNC(=O)CCCCOP(=O)(O)OC1CCC(c2ccccc2)(c2ccccc2)CC1. The van der Waals surface area contributed by atoms with E-state index in [4.69, 9.17) is 9.05 Å². The Labute approximate surface area is 222 Å². The summed E-state index contributed by atoms with van der Waals surface area (Å²) >= 11 is 0. The molecule has 0 spiro atoms. The van der Waals surface area contributed by atoms with Crippen molar-refractivity contribution in [1.82, 2.24) is 5.32 Å². The third kappa shape index (κ3) is 9.07. The second-order valence-corrected chi connectivity index (χ2v) is 12.1. The van der Waals surface area contributed by atoms with Gasteiger partial charge >= 0.3 is 7.82 Å². The molecule has 0 aliphatic heterocycles. The summed E-state index contributed by atoms with van der Waals surface area (Å²) in [6, 6.07) is 21.0. The maximum Gasteiger partial charge on any atom is 0.472 e. The Morgan fingerprint density at radius 3 is 2.11 bits per heavy atom. The first kappa shape index (κ1) is 29.6. The van der Waals surface area contributed by atoms with E-state index in [-0.39, 0.29) is 24.0 Å². The van der Waals surface area contributed by atoms with E-state index in [0.717, 1.165) is 19.3 Å². The quantitative estimate of drug-likeness (QED) is 0.203. The predicted molar refractivity (Wildman–Crippen MR) is 148 cm³/mol. The molecule has 204 valence electrons. The van der Waals surface area contributed by atoms with E-state index in [2.05, 4.69) is 74.6 Å². The van der Waals surface area contributed by atoms with E-state index in [0.29, 0.717) is 50.5 Å². The van der Waals surface area contributed by atoms with Gasteiger partial charge in [0.15, 0.2) is 0 Å². The van der Waals surface area contributed by atoms with Gasteiger partial charge in [0, 0.05) is 18.4 Å². The van der Waals surface area contributed by atoms with Gasteiger partial charge in [-0.3, -0.25) is 13.8 Å². The standard InChI is InChI=1S/C30H44NO5P/c1-24(2)25(3)19-22-31-29(32)16-10-11-23-35-37(33,34)36-28-17-20-30(21-18-28,26-12-6-4-7-13-26)27-14-8-5-9-15-27/h4-9,12-15,24-25,28H,10-11,16-23H2,1-3H3,(H,31,32)(H,33,34). The highest BCUT2D eigenvalue weighted by atomic mass is 31.2. The molecule has 1 aliphatic rings. The molecule has 2 unspecified atom stereocenters. The molecule has 2 N–H and O–H groups in total. The van der Waals surface area contributed by atoms with Gasteiger partial charge in [0.1, 0.15) is 0 Å². The van der Waals surface area contributed by atoms with Crippen LogP contribution in [0.3, 0.4) is 0 Å². The van der Waals surface area contributed by atoms with E-state index < -0.39 is 7.82 Å². The predicted octanol–water partition coefficient (Wildman–Crippen LogP) is 7.02. The van der Waals surface area contributed by atoms with Crippen molar-refractivity contribution in [2.24, 2.45) is 11.8 Å². The van der Waals surface area contributed by atoms with Gasteiger partial charge in [-0.2, -0.15) is 0 Å². The van der Waals surface area contributed by atoms with Crippen molar-refractivity contribution in [2.45, 2.75) is 83.7 Å². The Morgan fingerprint density at radius 2 is 1.57 bits per heavy atom. The molecule has 37 heavy (non-hydrogen) atoms. The molecular formula is C30H44NO5P. The fraction of sp³-hybridized carbons (Fsp3) is 0.567. The van der Waals surface area contributed by atoms with Gasteiger partial charge in [-0.25, -0.2) is 4.57 Å². The third-order valence-corrected chi connectivity index (χ3v) is 8.91. The Balaban J connectivity index is 1.40. The summed E-state index contributed by atoms with van der Waals surface area (Å²) in [4.78, 5) is 22.3. The second-order valence-electron chi connectivity index (χ2n) is 10.7. The highest BCUT2D eigenvalue weighted by Crippen LogP contribution is 2.51. The van der Waals surface area contributed by atoms with E-state index in [1.54, 1.807) is 0 Å². The van der Waals surface area contributed by atoms with Crippen molar-refractivity contribution < 1.29 is 23.3 Å². The molecule has 0 aromatic heterocycles. The lowest BCUT2D eigenvalue weighted by Crippen LogP contribution is -2.35. The molecule has 3 rings (SSSR count). The third-order valence-electron chi connectivity index (χ3n) is 7.83. The lowest BCUT2D eigenvalue weighted by Gasteiger charge is -2.41. The normalized spacial score (nSPS) is 18.3. The molecule has 1 fully saturated rings. The number of amides is 1. The summed E-state index contributed by atoms with van der Waals surface area (Å²) in [5.41, 5.74) is 2.40. The molecule has 7 heteroatoms. The van der Waals surface area contributed by atoms with Crippen LogP contribution in [0.4, 0.5) is 0 Å². The van der Waals surface area contributed by atoms with Gasteiger partial charge in [-0.15, -0.1) is 0 Å². The molecule has 2 atom stereocenters. The Kier molecular flexibility index (Phi) is 11.4. The number of nitrogens with one attached hydrogen (secondary N) is 1. The molecule has 6 nitrogen and oxygen atoms in total. The lowest BCUT2D eigenvalue weighted by molar-refractivity contribution is -0.121. The van der Waals surface area contributed by atoms with Crippen molar-refractivity contribution >= 4 is 13.7 Å². The molecule has 0 saturated heterocycles. The largest absolute Gasteiger partial charge is 0.472 e. The number of hydrogen-bond donors (Lipinski definition) is 2. The zero-order chi connectivity index (χ0) is 26.7. The number of carbonyl (C=O) groups excluding carboxylic acids is 1. The smallest absolute Gasteiger partial charge is 0.356 e. The van der Waals surface area contributed by atoms with Gasteiger partial charge in [0.2, 0.25) is 5.91 Å². The minimum absolute atomic E-state index is 0.0157. The fourth-order valence-electron chi connectivity index (χ4n) is 5.10. The Morgan fingerprint density at radius 1 is 1.00 bits per heavy atom. The molecule has 2 aromatic rings. The zero-order valence-corrected chi connectivity index (χ0v) is 23.5. The van der Waals surface area contributed by atoms with Crippen LogP contribution in [-0.4, -0.2) is 30.1 Å². The van der Waals surface area contributed by atoms with Crippen LogP contribution >= 0.6 is 7.82 Å². The summed E-state index contributed by atoms with van der Waals surface area (Å²) in [6.45, 7) is 7.35. The number of unbranched alkanes of at least 4 members (excludes halogenated alkanes) is 1. The van der Waals surface area contributed by atoms with Crippen molar-refractivity contribution in [3.05, 3.63) is 71.8 Å². The highest BCUT2D eigenvalue weighted by Gasteiger charge is 2.40. The average Bonchev–Trinajstić information content (AvgIpc) is 2.89. The van der Waals surface area contributed by atoms with Crippen molar-refractivity contribution in [3.63, 3.8) is 0 Å². The van der Waals surface area contributed by atoms with E-state index in [9.17, 15) is 14.3 Å². The molecule has 0 bridgehead atoms. The van der Waals surface area contributed by atoms with Gasteiger partial charge in [-0.05, 0) is 67.9 Å². The van der Waals surface area contributed by atoms with E-state index >= 15 is 0 Å². The molecule has 1 aliphatic carbocycles. The minimum Gasteiger partial charge on any atom is -0.356 e. The summed E-state index contributed by atoms with van der Waals surface area (Å²) in [5, 5.41) is 2.95. The first-order valence-electron chi connectivity index (χ1n) is 13.8. The first-order valence-corrected chi connectivity index (χ1v) is 15.2. The molecule has 1 saturated carbocycles. The van der Waals surface area contributed by atoms with E-state index in [1.165, 1.54) is 11.1 Å². The summed E-state index contributed by atoms with van der Waals surface area (Å²) in [6.07, 6.45) is 5.17. The molecule has 2 aromatic carbocycles. The van der Waals surface area contributed by atoms with Crippen LogP contribution in [0, 0.1) is 11.8 Å². The van der Waals surface area contributed by atoms with Crippen LogP contribution in [0.15, 0.2) is 60.7 Å². The van der Waals surface area contributed by atoms with Crippen molar-refractivity contribution in [1.29, 1.82) is 0 Å². The summed E-state index contributed by atoms with van der Waals surface area (Å²) in [5.74, 6) is 1.20. The van der Waals surface area contributed by atoms with Gasteiger partial charge in [0.25, 0.3) is 0 Å². The number of carbonyl (C=O) groups is 1. The summed E-state index contributed by atoms with van der Waals surface area (Å²) < 4.78 is 23.4. The molecule has 0 heterocycles. The van der Waals surface area contributed by atoms with Crippen LogP contribution in [0.1, 0.15) is 83.3 Å². The van der Waals surface area contributed by atoms with Crippen LogP contribution in [-0.2, 0) is 23.8 Å². The minimum atomic E-state index is -4.15. The van der Waals surface area contributed by atoms with Crippen LogP contribution in [0.2, 0.25) is 0 Å². The topological polar surface area (TPSA) is 84.9 Å². The highest BCUT2D eigenvalue weighted by molar-refractivity contribution is 7.47. The molecule has 1 amide bonds.